The average Bonchev–Trinajstić information content (AvgIpc) is 2.46. The smallest absolute Gasteiger partial charge is 0.240 e. The standard InChI is InChI=1S/C14H25N3O2/c15-14(19)12-5-1-2-9-17(12)13(18)7-6-11-4-3-8-16-10-11/h11-12,16H,1-10H2,(H2,15,19). The molecule has 0 radical (unpaired) electrons. The van der Waals surface area contributed by atoms with E-state index in [0.717, 1.165) is 38.8 Å². The van der Waals surface area contributed by atoms with Gasteiger partial charge in [0.2, 0.25) is 11.8 Å². The number of primary amides is 1. The maximum Gasteiger partial charge on any atom is 0.240 e. The van der Waals surface area contributed by atoms with Crippen LogP contribution in [0.3, 0.4) is 0 Å². The second-order valence-corrected chi connectivity index (χ2v) is 5.75. The highest BCUT2D eigenvalue weighted by Crippen LogP contribution is 2.21. The number of carbonyl (C=O) groups is 2. The predicted molar refractivity (Wildman–Crippen MR) is 73.4 cm³/mol. The van der Waals surface area contributed by atoms with Gasteiger partial charge in [-0.15, -0.1) is 0 Å². The van der Waals surface area contributed by atoms with Crippen LogP contribution in [0.4, 0.5) is 0 Å². The monoisotopic (exact) mass is 267 g/mol. The largest absolute Gasteiger partial charge is 0.368 e. The molecule has 0 saturated carbocycles. The summed E-state index contributed by atoms with van der Waals surface area (Å²) in [6, 6.07) is -0.370. The van der Waals surface area contributed by atoms with Gasteiger partial charge in [-0.1, -0.05) is 0 Å². The zero-order chi connectivity index (χ0) is 13.7. The van der Waals surface area contributed by atoms with Gasteiger partial charge in [-0.05, 0) is 57.5 Å². The molecule has 2 fully saturated rings. The molecule has 0 spiro atoms. The van der Waals surface area contributed by atoms with Crippen LogP contribution in [-0.4, -0.2) is 42.4 Å². The van der Waals surface area contributed by atoms with Gasteiger partial charge in [0.05, 0.1) is 0 Å². The number of carbonyl (C=O) groups excluding carboxylic acids is 2. The highest BCUT2D eigenvalue weighted by molar-refractivity contribution is 5.86. The molecule has 2 heterocycles. The van der Waals surface area contributed by atoms with Crippen molar-refractivity contribution < 1.29 is 9.59 Å². The molecule has 108 valence electrons. The van der Waals surface area contributed by atoms with Crippen molar-refractivity contribution >= 4 is 11.8 Å². The molecule has 5 nitrogen and oxygen atoms in total. The van der Waals surface area contributed by atoms with Crippen LogP contribution in [0, 0.1) is 5.92 Å². The molecular weight excluding hydrogens is 242 g/mol. The van der Waals surface area contributed by atoms with Gasteiger partial charge < -0.3 is 16.0 Å². The summed E-state index contributed by atoms with van der Waals surface area (Å²) >= 11 is 0. The molecule has 0 aromatic rings. The fraction of sp³-hybridized carbons (Fsp3) is 0.857. The summed E-state index contributed by atoms with van der Waals surface area (Å²) in [5.74, 6) is 0.357. The van der Waals surface area contributed by atoms with Gasteiger partial charge in [-0.2, -0.15) is 0 Å². The maximum absolute atomic E-state index is 12.3. The van der Waals surface area contributed by atoms with E-state index in [0.29, 0.717) is 18.9 Å². The first-order valence-electron chi connectivity index (χ1n) is 7.48. The third-order valence-corrected chi connectivity index (χ3v) is 4.32. The van der Waals surface area contributed by atoms with Crippen molar-refractivity contribution in [2.24, 2.45) is 11.7 Å². The molecule has 0 aromatic heterocycles. The third-order valence-electron chi connectivity index (χ3n) is 4.32. The number of nitrogens with one attached hydrogen (secondary N) is 1. The van der Waals surface area contributed by atoms with E-state index in [9.17, 15) is 9.59 Å². The van der Waals surface area contributed by atoms with Crippen LogP contribution in [0.25, 0.3) is 0 Å². The first kappa shape index (κ1) is 14.3. The van der Waals surface area contributed by atoms with Crippen molar-refractivity contribution in [1.82, 2.24) is 10.2 Å². The van der Waals surface area contributed by atoms with E-state index in [1.807, 2.05) is 0 Å². The van der Waals surface area contributed by atoms with E-state index in [4.69, 9.17) is 5.73 Å². The minimum absolute atomic E-state index is 0.106. The summed E-state index contributed by atoms with van der Waals surface area (Å²) in [5.41, 5.74) is 5.39. The minimum Gasteiger partial charge on any atom is -0.368 e. The van der Waals surface area contributed by atoms with Crippen molar-refractivity contribution in [1.29, 1.82) is 0 Å². The highest BCUT2D eigenvalue weighted by atomic mass is 16.2. The molecule has 5 heteroatoms. The number of piperidine rings is 2. The fourth-order valence-corrected chi connectivity index (χ4v) is 3.17. The number of amides is 2. The first-order chi connectivity index (χ1) is 9.18. The number of rotatable bonds is 4. The molecule has 3 N–H and O–H groups in total. The van der Waals surface area contributed by atoms with Crippen LogP contribution < -0.4 is 11.1 Å². The van der Waals surface area contributed by atoms with E-state index >= 15 is 0 Å². The van der Waals surface area contributed by atoms with Gasteiger partial charge in [0.25, 0.3) is 0 Å². The molecule has 2 amide bonds. The number of nitrogens with zero attached hydrogens (tertiary/aromatic N) is 1. The second kappa shape index (κ2) is 6.89. The highest BCUT2D eigenvalue weighted by Gasteiger charge is 2.30. The van der Waals surface area contributed by atoms with E-state index in [1.165, 1.54) is 12.8 Å². The predicted octanol–water partition coefficient (Wildman–Crippen LogP) is 0.633. The minimum atomic E-state index is -0.370. The normalized spacial score (nSPS) is 28.1. The lowest BCUT2D eigenvalue weighted by Crippen LogP contribution is -2.50. The number of likely N-dealkylation sites (tertiary alicyclic amines) is 1. The number of hydrogen-bond donors (Lipinski definition) is 2. The molecule has 2 aliphatic rings. The molecule has 0 aliphatic carbocycles. The van der Waals surface area contributed by atoms with E-state index < -0.39 is 0 Å². The van der Waals surface area contributed by atoms with E-state index in [-0.39, 0.29) is 17.9 Å². The Hall–Kier alpha value is -1.10. The molecule has 2 rings (SSSR count). The molecule has 0 aromatic carbocycles. The van der Waals surface area contributed by atoms with Gasteiger partial charge in [-0.3, -0.25) is 9.59 Å². The van der Waals surface area contributed by atoms with Crippen LogP contribution in [0.2, 0.25) is 0 Å². The lowest BCUT2D eigenvalue weighted by atomic mass is 9.93. The SMILES string of the molecule is NC(=O)C1CCCCN1C(=O)CCC1CCCNC1. The Morgan fingerprint density at radius 1 is 1.21 bits per heavy atom. The summed E-state index contributed by atoms with van der Waals surface area (Å²) in [7, 11) is 0. The number of nitrogens with two attached hydrogens (primary N) is 1. The Morgan fingerprint density at radius 3 is 2.74 bits per heavy atom. The zero-order valence-corrected chi connectivity index (χ0v) is 11.6. The van der Waals surface area contributed by atoms with Gasteiger partial charge in [-0.25, -0.2) is 0 Å². The molecule has 2 unspecified atom stereocenters. The summed E-state index contributed by atoms with van der Waals surface area (Å²) in [6.45, 7) is 2.81. The summed E-state index contributed by atoms with van der Waals surface area (Å²) in [6.07, 6.45) is 6.59. The summed E-state index contributed by atoms with van der Waals surface area (Å²) in [5, 5.41) is 3.37. The first-order valence-corrected chi connectivity index (χ1v) is 7.48. The summed E-state index contributed by atoms with van der Waals surface area (Å²) in [4.78, 5) is 25.4. The average molecular weight is 267 g/mol. The van der Waals surface area contributed by atoms with Crippen molar-refractivity contribution in [2.75, 3.05) is 19.6 Å². The van der Waals surface area contributed by atoms with Crippen LogP contribution in [0.15, 0.2) is 0 Å². The van der Waals surface area contributed by atoms with Crippen LogP contribution in [-0.2, 0) is 9.59 Å². The van der Waals surface area contributed by atoms with Gasteiger partial charge in [0, 0.05) is 13.0 Å². The molecule has 2 aliphatic heterocycles. The Balaban J connectivity index is 1.81. The van der Waals surface area contributed by atoms with Crippen molar-refractivity contribution in [3.05, 3.63) is 0 Å². The van der Waals surface area contributed by atoms with Crippen LogP contribution in [0.5, 0.6) is 0 Å². The Morgan fingerprint density at radius 2 is 2.05 bits per heavy atom. The van der Waals surface area contributed by atoms with Crippen molar-refractivity contribution in [3.8, 4) is 0 Å². The fourth-order valence-electron chi connectivity index (χ4n) is 3.17. The van der Waals surface area contributed by atoms with Crippen LogP contribution >= 0.6 is 0 Å². The van der Waals surface area contributed by atoms with Crippen LogP contribution in [0.1, 0.15) is 44.9 Å². The molecular formula is C14H25N3O2. The quantitative estimate of drug-likeness (QED) is 0.784. The Kier molecular flexibility index (Phi) is 5.19. The molecule has 0 bridgehead atoms. The van der Waals surface area contributed by atoms with Gasteiger partial charge in [0.15, 0.2) is 0 Å². The molecule has 19 heavy (non-hydrogen) atoms. The van der Waals surface area contributed by atoms with Gasteiger partial charge >= 0.3 is 0 Å². The Labute approximate surface area is 114 Å². The molecule has 2 atom stereocenters. The zero-order valence-electron chi connectivity index (χ0n) is 11.6. The lowest BCUT2D eigenvalue weighted by molar-refractivity contribution is -0.141. The van der Waals surface area contributed by atoms with Crippen molar-refractivity contribution in [3.63, 3.8) is 0 Å². The number of hydrogen-bond acceptors (Lipinski definition) is 3. The van der Waals surface area contributed by atoms with Gasteiger partial charge in [0.1, 0.15) is 6.04 Å². The third kappa shape index (κ3) is 3.93. The Bertz CT molecular complexity index is 327. The second-order valence-electron chi connectivity index (χ2n) is 5.75. The summed E-state index contributed by atoms with van der Waals surface area (Å²) < 4.78 is 0. The van der Waals surface area contributed by atoms with Crippen molar-refractivity contribution in [2.45, 2.75) is 51.0 Å². The maximum atomic E-state index is 12.3. The van der Waals surface area contributed by atoms with E-state index in [2.05, 4.69) is 5.32 Å². The topological polar surface area (TPSA) is 75.4 Å². The lowest BCUT2D eigenvalue weighted by Gasteiger charge is -2.34. The van der Waals surface area contributed by atoms with E-state index in [1.54, 1.807) is 4.90 Å². The molecule has 2 saturated heterocycles.